The van der Waals surface area contributed by atoms with Crippen LogP contribution in [-0.4, -0.2) is 53.6 Å². The summed E-state index contributed by atoms with van der Waals surface area (Å²) in [5, 5.41) is 12.5. The number of esters is 2. The van der Waals surface area contributed by atoms with E-state index in [4.69, 9.17) is 9.47 Å². The fourth-order valence-corrected chi connectivity index (χ4v) is 1.89. The molecule has 0 rings (SSSR count). The second kappa shape index (κ2) is 9.60. The first-order valence-corrected chi connectivity index (χ1v) is 8.22. The number of ether oxygens (including phenoxy) is 3. The third kappa shape index (κ3) is 11.4. The van der Waals surface area contributed by atoms with Gasteiger partial charge in [-0.15, -0.1) is 0 Å². The molecule has 0 aliphatic heterocycles. The fraction of sp³-hybridized carbons (Fsp3) is 0.824. The molecule has 0 aliphatic carbocycles. The number of rotatable bonds is 7. The number of nitrogens with one attached hydrogen (secondary N) is 1. The zero-order valence-electron chi connectivity index (χ0n) is 16.2. The third-order valence-electron chi connectivity index (χ3n) is 2.81. The van der Waals surface area contributed by atoms with E-state index in [0.717, 1.165) is 7.11 Å². The molecule has 0 aromatic heterocycles. The molecular weight excluding hydrogens is 330 g/mol. The Hall–Kier alpha value is -1.83. The van der Waals surface area contributed by atoms with Crippen LogP contribution in [0.15, 0.2) is 0 Å². The molecule has 0 fully saturated rings. The molecule has 0 spiro atoms. The molecule has 0 saturated carbocycles. The number of methoxy groups -OCH3 is 1. The second-order valence-electron chi connectivity index (χ2n) is 7.69. The van der Waals surface area contributed by atoms with Crippen LogP contribution < -0.4 is 5.32 Å². The van der Waals surface area contributed by atoms with Crippen LogP contribution in [-0.2, 0) is 23.8 Å². The maximum absolute atomic E-state index is 11.8. The number of carbonyl (C=O) groups excluding carboxylic acids is 3. The van der Waals surface area contributed by atoms with Crippen molar-refractivity contribution in [1.29, 1.82) is 0 Å². The molecule has 2 atom stereocenters. The first kappa shape index (κ1) is 23.2. The summed E-state index contributed by atoms with van der Waals surface area (Å²) in [7, 11) is 1.15. The van der Waals surface area contributed by atoms with Gasteiger partial charge in [0.05, 0.1) is 13.2 Å². The highest BCUT2D eigenvalue weighted by Crippen LogP contribution is 2.13. The second-order valence-corrected chi connectivity index (χ2v) is 7.69. The Kier molecular flexibility index (Phi) is 8.90. The lowest BCUT2D eigenvalue weighted by Crippen LogP contribution is -2.50. The Morgan fingerprint density at radius 2 is 1.52 bits per heavy atom. The van der Waals surface area contributed by atoms with Gasteiger partial charge in [-0.2, -0.15) is 0 Å². The molecule has 0 radical (unpaired) electrons. The van der Waals surface area contributed by atoms with Crippen LogP contribution in [0.3, 0.4) is 0 Å². The maximum Gasteiger partial charge on any atom is 0.408 e. The van der Waals surface area contributed by atoms with Gasteiger partial charge in [-0.3, -0.25) is 4.79 Å². The summed E-state index contributed by atoms with van der Waals surface area (Å²) in [6.45, 7) is 10.3. The average Bonchev–Trinajstić information content (AvgIpc) is 2.39. The van der Waals surface area contributed by atoms with Crippen molar-refractivity contribution in [3.05, 3.63) is 0 Å². The Morgan fingerprint density at radius 1 is 1.00 bits per heavy atom. The minimum atomic E-state index is -1.28. The lowest BCUT2D eigenvalue weighted by Gasteiger charge is -2.25. The zero-order chi connectivity index (χ0) is 19.8. The van der Waals surface area contributed by atoms with Crippen LogP contribution in [0.1, 0.15) is 60.8 Å². The number of carbonyl (C=O) groups is 3. The molecule has 0 aromatic carbocycles. The fourth-order valence-electron chi connectivity index (χ4n) is 1.89. The van der Waals surface area contributed by atoms with E-state index in [1.54, 1.807) is 41.5 Å². The predicted octanol–water partition coefficient (Wildman–Crippen LogP) is 1.93. The van der Waals surface area contributed by atoms with Gasteiger partial charge in [-0.1, -0.05) is 0 Å². The minimum Gasteiger partial charge on any atom is -0.467 e. The van der Waals surface area contributed by atoms with Crippen LogP contribution >= 0.6 is 0 Å². The molecule has 8 heteroatoms. The van der Waals surface area contributed by atoms with Crippen molar-refractivity contribution in [2.75, 3.05) is 7.11 Å². The van der Waals surface area contributed by atoms with E-state index in [2.05, 4.69) is 10.1 Å². The van der Waals surface area contributed by atoms with Crippen LogP contribution in [0.25, 0.3) is 0 Å². The van der Waals surface area contributed by atoms with E-state index in [-0.39, 0.29) is 12.8 Å². The smallest absolute Gasteiger partial charge is 0.408 e. The molecule has 8 nitrogen and oxygen atoms in total. The van der Waals surface area contributed by atoms with E-state index in [1.165, 1.54) is 0 Å². The Labute approximate surface area is 149 Å². The molecule has 0 unspecified atom stereocenters. The van der Waals surface area contributed by atoms with E-state index < -0.39 is 41.4 Å². The first-order valence-electron chi connectivity index (χ1n) is 8.22. The van der Waals surface area contributed by atoms with Crippen LogP contribution in [0.4, 0.5) is 4.79 Å². The molecule has 0 aliphatic rings. The van der Waals surface area contributed by atoms with E-state index in [0.29, 0.717) is 6.42 Å². The monoisotopic (exact) mass is 361 g/mol. The molecule has 0 saturated heterocycles. The largest absolute Gasteiger partial charge is 0.467 e. The number of hydrogen-bond acceptors (Lipinski definition) is 7. The predicted molar refractivity (Wildman–Crippen MR) is 90.9 cm³/mol. The van der Waals surface area contributed by atoms with Gasteiger partial charge < -0.3 is 24.6 Å². The highest BCUT2D eigenvalue weighted by molar-refractivity contribution is 5.82. The highest BCUT2D eigenvalue weighted by atomic mass is 16.6. The molecule has 1 amide bonds. The Bertz CT molecular complexity index is 463. The number of aliphatic hydroxyl groups excluding tert-OH is 1. The SMILES string of the molecule is COC(=O)[C@@H](NC(=O)OC(C)(C)C)[C@@H](O)CCCC(=O)OC(C)(C)C. The first-order chi connectivity index (χ1) is 11.2. The number of alkyl carbamates (subject to hydrolysis) is 1. The normalized spacial score (nSPS) is 14.2. The molecule has 2 N–H and O–H groups in total. The van der Waals surface area contributed by atoms with Crippen LogP contribution in [0, 0.1) is 0 Å². The van der Waals surface area contributed by atoms with Crippen molar-refractivity contribution in [3.63, 3.8) is 0 Å². The Morgan fingerprint density at radius 3 is 1.96 bits per heavy atom. The van der Waals surface area contributed by atoms with Crippen molar-refractivity contribution >= 4 is 18.0 Å². The van der Waals surface area contributed by atoms with Gasteiger partial charge in [0.15, 0.2) is 6.04 Å². The van der Waals surface area contributed by atoms with Gasteiger partial charge in [-0.25, -0.2) is 9.59 Å². The molecule has 146 valence electrons. The summed E-state index contributed by atoms with van der Waals surface area (Å²) in [6, 6.07) is -1.28. The number of hydrogen-bond donors (Lipinski definition) is 2. The quantitative estimate of drug-likeness (QED) is 0.526. The molecule has 0 aromatic rings. The van der Waals surface area contributed by atoms with Crippen molar-refractivity contribution < 1.29 is 33.7 Å². The summed E-state index contributed by atoms with van der Waals surface area (Å²) in [5.41, 5.74) is -1.32. The van der Waals surface area contributed by atoms with Gasteiger partial charge in [-0.05, 0) is 54.4 Å². The number of amides is 1. The van der Waals surface area contributed by atoms with Gasteiger partial charge >= 0.3 is 18.0 Å². The van der Waals surface area contributed by atoms with Crippen molar-refractivity contribution in [1.82, 2.24) is 5.32 Å². The number of aliphatic hydroxyl groups is 1. The van der Waals surface area contributed by atoms with E-state index in [1.807, 2.05) is 0 Å². The summed E-state index contributed by atoms with van der Waals surface area (Å²) >= 11 is 0. The molecule has 0 heterocycles. The summed E-state index contributed by atoms with van der Waals surface area (Å²) < 4.78 is 14.8. The van der Waals surface area contributed by atoms with E-state index >= 15 is 0 Å². The Balaban J connectivity index is 4.60. The van der Waals surface area contributed by atoms with Crippen LogP contribution in [0.5, 0.6) is 0 Å². The average molecular weight is 361 g/mol. The minimum absolute atomic E-state index is 0.0919. The standard InChI is InChI=1S/C17H31NO7/c1-16(2,3)24-12(20)10-8-9-11(19)13(14(21)23-7)18-15(22)25-17(4,5)6/h11,13,19H,8-10H2,1-7H3,(H,18,22)/t11-,13-/m0/s1. The van der Waals surface area contributed by atoms with Gasteiger partial charge in [0.25, 0.3) is 0 Å². The van der Waals surface area contributed by atoms with Crippen molar-refractivity contribution in [3.8, 4) is 0 Å². The van der Waals surface area contributed by atoms with Gasteiger partial charge in [0.1, 0.15) is 11.2 Å². The third-order valence-corrected chi connectivity index (χ3v) is 2.81. The summed E-state index contributed by atoms with van der Waals surface area (Å²) in [6.07, 6.45) is -1.57. The van der Waals surface area contributed by atoms with Gasteiger partial charge in [0.2, 0.25) is 0 Å². The van der Waals surface area contributed by atoms with Crippen LogP contribution in [0.2, 0.25) is 0 Å². The lowest BCUT2D eigenvalue weighted by molar-refractivity contribution is -0.155. The highest BCUT2D eigenvalue weighted by Gasteiger charge is 2.31. The van der Waals surface area contributed by atoms with Gasteiger partial charge in [0, 0.05) is 6.42 Å². The zero-order valence-corrected chi connectivity index (χ0v) is 16.2. The molecular formula is C17H31NO7. The van der Waals surface area contributed by atoms with E-state index in [9.17, 15) is 19.5 Å². The van der Waals surface area contributed by atoms with Crippen molar-refractivity contribution in [2.45, 2.75) is 84.2 Å². The molecule has 0 bridgehead atoms. The molecule has 25 heavy (non-hydrogen) atoms. The van der Waals surface area contributed by atoms with Crippen molar-refractivity contribution in [2.24, 2.45) is 0 Å². The topological polar surface area (TPSA) is 111 Å². The summed E-state index contributed by atoms with van der Waals surface area (Å²) in [4.78, 5) is 35.3. The maximum atomic E-state index is 11.8. The lowest BCUT2D eigenvalue weighted by atomic mass is 10.0. The summed E-state index contributed by atoms with van der Waals surface area (Å²) in [5.74, 6) is -1.19.